The number of rotatable bonds is 6. The average Bonchev–Trinajstić information content (AvgIpc) is 3.42. The number of aliphatic hydroxyl groups is 1. The summed E-state index contributed by atoms with van der Waals surface area (Å²) in [4.78, 5) is 28.5. The number of amides is 1. The molecule has 1 amide bonds. The molecule has 0 saturated heterocycles. The van der Waals surface area contributed by atoms with Crippen LogP contribution in [-0.4, -0.2) is 29.0 Å². The monoisotopic (exact) mass is 503 g/mol. The van der Waals surface area contributed by atoms with Crippen LogP contribution in [0.2, 0.25) is 5.02 Å². The molecule has 8 heteroatoms. The fourth-order valence-electron chi connectivity index (χ4n) is 4.45. The van der Waals surface area contributed by atoms with E-state index in [0.717, 1.165) is 12.0 Å². The molecule has 0 bridgehead atoms. The summed E-state index contributed by atoms with van der Waals surface area (Å²) in [5.41, 5.74) is 2.32. The molecule has 0 saturated carbocycles. The maximum Gasteiger partial charge on any atom is 0.294 e. The van der Waals surface area contributed by atoms with Crippen LogP contribution in [0.15, 0.2) is 82.5 Å². The van der Waals surface area contributed by atoms with E-state index >= 15 is 0 Å². The first-order chi connectivity index (χ1) is 17.3. The van der Waals surface area contributed by atoms with Crippen molar-refractivity contribution >= 4 is 39.9 Å². The van der Waals surface area contributed by atoms with Gasteiger partial charge in [-0.3, -0.25) is 14.5 Å². The smallest absolute Gasteiger partial charge is 0.294 e. The zero-order valence-electron chi connectivity index (χ0n) is 19.5. The number of methoxy groups -OCH3 is 1. The van der Waals surface area contributed by atoms with Crippen molar-refractivity contribution in [1.29, 1.82) is 0 Å². The number of Topliss-reactive ketones (excluding diaryl/α,β-unsaturated/α-hetero) is 1. The number of anilines is 1. The van der Waals surface area contributed by atoms with Crippen molar-refractivity contribution < 1.29 is 29.0 Å². The number of benzene rings is 3. The number of phenolic OH excluding ortho intramolecular Hbond substituents is 1. The molecule has 1 atom stereocenters. The number of hydrogen-bond donors (Lipinski definition) is 2. The Balaban J connectivity index is 1.65. The summed E-state index contributed by atoms with van der Waals surface area (Å²) >= 11 is 6.16. The van der Waals surface area contributed by atoms with Crippen LogP contribution < -0.4 is 9.64 Å². The van der Waals surface area contributed by atoms with Gasteiger partial charge in [0, 0.05) is 22.2 Å². The molecule has 1 unspecified atom stereocenters. The summed E-state index contributed by atoms with van der Waals surface area (Å²) in [6.07, 6.45) is 0.822. The Morgan fingerprint density at radius 2 is 1.75 bits per heavy atom. The molecule has 0 fully saturated rings. The predicted molar refractivity (Wildman–Crippen MR) is 136 cm³/mol. The minimum atomic E-state index is -0.947. The second-order valence-corrected chi connectivity index (χ2v) is 8.85. The highest BCUT2D eigenvalue weighted by molar-refractivity contribution is 6.31. The predicted octanol–water partition coefficient (Wildman–Crippen LogP) is 6.15. The first-order valence-corrected chi connectivity index (χ1v) is 11.7. The second kappa shape index (κ2) is 9.09. The molecule has 5 rings (SSSR count). The molecule has 3 aromatic carbocycles. The number of halogens is 1. The number of nitrogens with zero attached hydrogens (tertiary/aromatic N) is 1. The molecule has 0 radical (unpaired) electrons. The Morgan fingerprint density at radius 3 is 2.39 bits per heavy atom. The number of ketones is 1. The van der Waals surface area contributed by atoms with Crippen molar-refractivity contribution in [3.05, 3.63) is 100.0 Å². The van der Waals surface area contributed by atoms with Crippen molar-refractivity contribution in [2.45, 2.75) is 19.4 Å². The van der Waals surface area contributed by atoms with Crippen molar-refractivity contribution in [2.24, 2.45) is 0 Å². The van der Waals surface area contributed by atoms with Gasteiger partial charge in [-0.1, -0.05) is 42.8 Å². The van der Waals surface area contributed by atoms with Gasteiger partial charge in [-0.2, -0.15) is 0 Å². The molecule has 36 heavy (non-hydrogen) atoms. The Morgan fingerprint density at radius 1 is 1.06 bits per heavy atom. The maximum atomic E-state index is 13.8. The highest BCUT2D eigenvalue weighted by Gasteiger charge is 2.45. The van der Waals surface area contributed by atoms with Crippen molar-refractivity contribution in [2.75, 3.05) is 12.0 Å². The Kier molecular flexibility index (Phi) is 5.94. The number of aliphatic hydroxyl groups excluding tert-OH is 1. The second-order valence-electron chi connectivity index (χ2n) is 8.42. The van der Waals surface area contributed by atoms with Crippen LogP contribution in [0.4, 0.5) is 5.69 Å². The number of hydrogen-bond acceptors (Lipinski definition) is 6. The van der Waals surface area contributed by atoms with Gasteiger partial charge in [0.2, 0.25) is 5.78 Å². The Hall–Kier alpha value is -4.23. The third-order valence-corrected chi connectivity index (χ3v) is 6.49. The van der Waals surface area contributed by atoms with E-state index in [4.69, 9.17) is 20.8 Å². The molecule has 7 nitrogen and oxygen atoms in total. The third-order valence-electron chi connectivity index (χ3n) is 6.28. The molecule has 0 aliphatic carbocycles. The molecule has 4 aromatic rings. The molecule has 1 aliphatic heterocycles. The minimum absolute atomic E-state index is 0.0317. The highest BCUT2D eigenvalue weighted by atomic mass is 35.5. The first kappa shape index (κ1) is 23.5. The fourth-order valence-corrected chi connectivity index (χ4v) is 4.67. The number of carbonyl (C=O) groups is 2. The first-order valence-electron chi connectivity index (χ1n) is 11.3. The molecule has 1 aromatic heterocycles. The van der Waals surface area contributed by atoms with Gasteiger partial charge in [-0.25, -0.2) is 0 Å². The van der Waals surface area contributed by atoms with Gasteiger partial charge in [-0.15, -0.1) is 0 Å². The Labute approximate surface area is 211 Å². The van der Waals surface area contributed by atoms with E-state index in [1.54, 1.807) is 36.4 Å². The quantitative estimate of drug-likeness (QED) is 0.306. The van der Waals surface area contributed by atoms with E-state index < -0.39 is 23.5 Å². The molecular formula is C28H22ClNO6. The summed E-state index contributed by atoms with van der Waals surface area (Å²) < 4.78 is 11.2. The van der Waals surface area contributed by atoms with Gasteiger partial charge < -0.3 is 19.4 Å². The lowest BCUT2D eigenvalue weighted by Crippen LogP contribution is -2.31. The van der Waals surface area contributed by atoms with Crippen LogP contribution in [0, 0.1) is 0 Å². The third kappa shape index (κ3) is 3.87. The van der Waals surface area contributed by atoms with Crippen LogP contribution in [-0.2, 0) is 11.2 Å². The van der Waals surface area contributed by atoms with Crippen molar-refractivity contribution in [3.8, 4) is 11.5 Å². The van der Waals surface area contributed by atoms with Crippen LogP contribution in [0.25, 0.3) is 11.0 Å². The number of aryl methyl sites for hydroxylation is 1. The lowest BCUT2D eigenvalue weighted by Gasteiger charge is -2.27. The number of phenols is 1. The summed E-state index contributed by atoms with van der Waals surface area (Å²) in [6, 6.07) is 17.2. The van der Waals surface area contributed by atoms with Gasteiger partial charge >= 0.3 is 0 Å². The summed E-state index contributed by atoms with van der Waals surface area (Å²) in [5.74, 6) is -1.72. The number of aromatic hydroxyl groups is 1. The van der Waals surface area contributed by atoms with Gasteiger partial charge in [0.15, 0.2) is 22.9 Å². The molecule has 1 aliphatic rings. The molecule has 0 spiro atoms. The molecule has 2 heterocycles. The lowest BCUT2D eigenvalue weighted by atomic mass is 9.94. The molecular weight excluding hydrogens is 482 g/mol. The van der Waals surface area contributed by atoms with Crippen LogP contribution in [0.5, 0.6) is 11.5 Å². The number of ether oxygens (including phenoxy) is 1. The largest absolute Gasteiger partial charge is 0.508 e. The standard InChI is InChI=1S/C28H22ClNO6/c1-3-15-4-8-19(9-5-15)30-24(16-6-10-20(31)11-7-16)23(26(33)28(30)34)25(32)21-13-17-12-18(29)14-22(35-2)27(17)36-21/h4-14,24,31,33H,3H2,1-2H3. The Bertz CT molecular complexity index is 1520. The van der Waals surface area contributed by atoms with Gasteiger partial charge in [0.1, 0.15) is 5.75 Å². The lowest BCUT2D eigenvalue weighted by molar-refractivity contribution is -0.117. The normalized spacial score (nSPS) is 15.7. The van der Waals surface area contributed by atoms with Gasteiger partial charge in [0.25, 0.3) is 5.91 Å². The zero-order valence-corrected chi connectivity index (χ0v) is 20.2. The fraction of sp³-hybridized carbons (Fsp3) is 0.143. The van der Waals surface area contributed by atoms with E-state index in [1.807, 2.05) is 19.1 Å². The summed E-state index contributed by atoms with van der Waals surface area (Å²) in [7, 11) is 1.46. The van der Waals surface area contributed by atoms with E-state index in [1.165, 1.54) is 30.2 Å². The SMILES string of the molecule is CCc1ccc(N2C(=O)C(O)=C(C(=O)c3cc4cc(Cl)cc(OC)c4o3)C2c2ccc(O)cc2)cc1. The molecule has 2 N–H and O–H groups in total. The average molecular weight is 504 g/mol. The van der Waals surface area contributed by atoms with E-state index in [-0.39, 0.29) is 17.1 Å². The van der Waals surface area contributed by atoms with Crippen LogP contribution in [0.3, 0.4) is 0 Å². The maximum absolute atomic E-state index is 13.8. The van der Waals surface area contributed by atoms with E-state index in [2.05, 4.69) is 0 Å². The summed E-state index contributed by atoms with van der Waals surface area (Å²) in [6.45, 7) is 2.02. The van der Waals surface area contributed by atoms with Crippen LogP contribution in [0.1, 0.15) is 34.6 Å². The molecule has 182 valence electrons. The van der Waals surface area contributed by atoms with E-state index in [9.17, 15) is 19.8 Å². The van der Waals surface area contributed by atoms with Crippen LogP contribution >= 0.6 is 11.6 Å². The van der Waals surface area contributed by atoms with E-state index in [0.29, 0.717) is 33.0 Å². The van der Waals surface area contributed by atoms with Crippen molar-refractivity contribution in [3.63, 3.8) is 0 Å². The van der Waals surface area contributed by atoms with Gasteiger partial charge in [-0.05, 0) is 53.9 Å². The number of fused-ring (bicyclic) bond motifs is 1. The van der Waals surface area contributed by atoms with Crippen molar-refractivity contribution in [1.82, 2.24) is 0 Å². The summed E-state index contributed by atoms with van der Waals surface area (Å²) in [5, 5.41) is 21.7. The number of furan rings is 1. The number of carbonyl (C=O) groups excluding carboxylic acids is 2. The zero-order chi connectivity index (χ0) is 25.6. The van der Waals surface area contributed by atoms with Gasteiger partial charge in [0.05, 0.1) is 18.7 Å². The highest BCUT2D eigenvalue weighted by Crippen LogP contribution is 2.43. The topological polar surface area (TPSA) is 100 Å². The minimum Gasteiger partial charge on any atom is -0.508 e.